The van der Waals surface area contributed by atoms with Crippen LogP contribution in [0.15, 0.2) is 33.4 Å². The van der Waals surface area contributed by atoms with Gasteiger partial charge in [-0.15, -0.1) is 0 Å². The Bertz CT molecular complexity index is 561. The summed E-state index contributed by atoms with van der Waals surface area (Å²) in [6.45, 7) is 4.22. The van der Waals surface area contributed by atoms with Crippen LogP contribution in [0.25, 0.3) is 11.5 Å². The molecule has 19 heavy (non-hydrogen) atoms. The van der Waals surface area contributed by atoms with Gasteiger partial charge in [-0.3, -0.25) is 4.79 Å². The van der Waals surface area contributed by atoms with Gasteiger partial charge in [-0.05, 0) is 19.1 Å². The third-order valence-electron chi connectivity index (χ3n) is 3.15. The van der Waals surface area contributed by atoms with Crippen LogP contribution in [0.3, 0.4) is 0 Å². The van der Waals surface area contributed by atoms with Gasteiger partial charge in [0, 0.05) is 31.7 Å². The molecular weight excluding hydrogens is 246 g/mol. The molecule has 1 unspecified atom stereocenters. The van der Waals surface area contributed by atoms with Crippen LogP contribution < -0.4 is 5.32 Å². The van der Waals surface area contributed by atoms with E-state index in [9.17, 15) is 4.79 Å². The average molecular weight is 261 g/mol. The van der Waals surface area contributed by atoms with E-state index in [0.717, 1.165) is 6.54 Å². The Balaban J connectivity index is 1.77. The van der Waals surface area contributed by atoms with Gasteiger partial charge >= 0.3 is 0 Å². The van der Waals surface area contributed by atoms with E-state index in [-0.39, 0.29) is 5.91 Å². The molecule has 1 saturated heterocycles. The van der Waals surface area contributed by atoms with Crippen molar-refractivity contribution in [3.05, 3.63) is 30.2 Å². The Kier molecular flexibility index (Phi) is 3.08. The molecule has 1 N–H and O–H groups in total. The van der Waals surface area contributed by atoms with Gasteiger partial charge in [0.1, 0.15) is 0 Å². The molecule has 2 aromatic rings. The summed E-state index contributed by atoms with van der Waals surface area (Å²) >= 11 is 0. The van der Waals surface area contributed by atoms with Gasteiger partial charge in [-0.25, -0.2) is 0 Å². The molecule has 1 atom stereocenters. The number of nitrogens with one attached hydrogen (secondary N) is 1. The van der Waals surface area contributed by atoms with Crippen LogP contribution in [0.2, 0.25) is 0 Å². The minimum atomic E-state index is -0.102. The summed E-state index contributed by atoms with van der Waals surface area (Å²) < 4.78 is 10.3. The molecule has 1 fully saturated rings. The van der Waals surface area contributed by atoms with Crippen LogP contribution in [-0.2, 0) is 0 Å². The standard InChI is InChI=1S/C13H15N3O3/c1-9-8-16(5-4-14-9)13(17)10-7-12(19-15-10)11-3-2-6-18-11/h2-3,6-7,9,14H,4-5,8H2,1H3. The van der Waals surface area contributed by atoms with Gasteiger partial charge < -0.3 is 19.2 Å². The van der Waals surface area contributed by atoms with Gasteiger partial charge in [-0.2, -0.15) is 0 Å². The van der Waals surface area contributed by atoms with E-state index < -0.39 is 0 Å². The second kappa shape index (κ2) is 4.89. The predicted molar refractivity (Wildman–Crippen MR) is 67.6 cm³/mol. The fraction of sp³-hybridized carbons (Fsp3) is 0.385. The minimum Gasteiger partial charge on any atom is -0.461 e. The van der Waals surface area contributed by atoms with Crippen molar-refractivity contribution in [2.45, 2.75) is 13.0 Å². The van der Waals surface area contributed by atoms with Crippen molar-refractivity contribution in [1.29, 1.82) is 0 Å². The highest BCUT2D eigenvalue weighted by Crippen LogP contribution is 2.21. The Morgan fingerprint density at radius 2 is 2.42 bits per heavy atom. The summed E-state index contributed by atoms with van der Waals surface area (Å²) in [6.07, 6.45) is 1.55. The van der Waals surface area contributed by atoms with E-state index in [1.54, 1.807) is 29.4 Å². The van der Waals surface area contributed by atoms with Crippen molar-refractivity contribution in [1.82, 2.24) is 15.4 Å². The third-order valence-corrected chi connectivity index (χ3v) is 3.15. The number of furan rings is 1. The Labute approximate surface area is 110 Å². The summed E-state index contributed by atoms with van der Waals surface area (Å²) in [5.41, 5.74) is 0.320. The highest BCUT2D eigenvalue weighted by Gasteiger charge is 2.24. The first-order valence-corrected chi connectivity index (χ1v) is 6.27. The molecule has 6 nitrogen and oxygen atoms in total. The molecule has 0 spiro atoms. The molecule has 3 rings (SSSR count). The maximum atomic E-state index is 12.3. The van der Waals surface area contributed by atoms with Crippen molar-refractivity contribution in [2.24, 2.45) is 0 Å². The SMILES string of the molecule is CC1CN(C(=O)c2cc(-c3ccco3)on2)CCN1. The number of aromatic nitrogens is 1. The summed E-state index contributed by atoms with van der Waals surface area (Å²) in [5.74, 6) is 0.937. The molecular formula is C13H15N3O3. The summed E-state index contributed by atoms with van der Waals surface area (Å²) in [5, 5.41) is 7.12. The second-order valence-electron chi connectivity index (χ2n) is 4.66. The zero-order valence-corrected chi connectivity index (χ0v) is 10.6. The van der Waals surface area contributed by atoms with Crippen LogP contribution in [0.5, 0.6) is 0 Å². The predicted octanol–water partition coefficient (Wildman–Crippen LogP) is 1.37. The minimum absolute atomic E-state index is 0.102. The Morgan fingerprint density at radius 1 is 1.53 bits per heavy atom. The molecule has 0 aliphatic carbocycles. The number of carbonyl (C=O) groups excluding carboxylic acids is 1. The van der Waals surface area contributed by atoms with Crippen LogP contribution in [-0.4, -0.2) is 41.6 Å². The van der Waals surface area contributed by atoms with Gasteiger partial charge in [-0.1, -0.05) is 5.16 Å². The van der Waals surface area contributed by atoms with E-state index in [2.05, 4.69) is 17.4 Å². The van der Waals surface area contributed by atoms with Gasteiger partial charge in [0.2, 0.25) is 5.76 Å². The van der Waals surface area contributed by atoms with Crippen LogP contribution in [0, 0.1) is 0 Å². The van der Waals surface area contributed by atoms with E-state index >= 15 is 0 Å². The van der Waals surface area contributed by atoms with Crippen molar-refractivity contribution in [3.8, 4) is 11.5 Å². The van der Waals surface area contributed by atoms with Gasteiger partial charge in [0.15, 0.2) is 11.5 Å². The number of nitrogens with zero attached hydrogens (tertiary/aromatic N) is 2. The van der Waals surface area contributed by atoms with Crippen LogP contribution in [0.1, 0.15) is 17.4 Å². The molecule has 0 aromatic carbocycles. The maximum absolute atomic E-state index is 12.3. The van der Waals surface area contributed by atoms with E-state index in [1.165, 1.54) is 0 Å². The zero-order chi connectivity index (χ0) is 13.2. The highest BCUT2D eigenvalue weighted by atomic mass is 16.5. The molecule has 1 aliphatic heterocycles. The number of rotatable bonds is 2. The molecule has 0 saturated carbocycles. The monoisotopic (exact) mass is 261 g/mol. The molecule has 0 radical (unpaired) electrons. The lowest BCUT2D eigenvalue weighted by atomic mass is 10.2. The number of carbonyl (C=O) groups is 1. The smallest absolute Gasteiger partial charge is 0.276 e. The normalized spacial score (nSPS) is 19.6. The average Bonchev–Trinajstić information content (AvgIpc) is 3.08. The first kappa shape index (κ1) is 12.0. The molecule has 1 aliphatic rings. The van der Waals surface area contributed by atoms with Crippen LogP contribution >= 0.6 is 0 Å². The molecule has 1 amide bonds. The fourth-order valence-corrected chi connectivity index (χ4v) is 2.19. The maximum Gasteiger partial charge on any atom is 0.276 e. The third kappa shape index (κ3) is 2.39. The van der Waals surface area contributed by atoms with E-state index in [0.29, 0.717) is 36.3 Å². The summed E-state index contributed by atoms with van der Waals surface area (Å²) in [7, 11) is 0. The Hall–Kier alpha value is -2.08. The van der Waals surface area contributed by atoms with Crippen molar-refractivity contribution in [2.75, 3.05) is 19.6 Å². The molecule has 6 heteroatoms. The molecule has 3 heterocycles. The lowest BCUT2D eigenvalue weighted by molar-refractivity contribution is 0.0698. The van der Waals surface area contributed by atoms with E-state index in [4.69, 9.17) is 8.94 Å². The summed E-state index contributed by atoms with van der Waals surface area (Å²) in [4.78, 5) is 14.1. The number of hydrogen-bond acceptors (Lipinski definition) is 5. The van der Waals surface area contributed by atoms with Crippen LogP contribution in [0.4, 0.5) is 0 Å². The molecule has 0 bridgehead atoms. The van der Waals surface area contributed by atoms with Gasteiger partial charge in [0.25, 0.3) is 5.91 Å². The zero-order valence-electron chi connectivity index (χ0n) is 10.6. The molecule has 100 valence electrons. The first-order chi connectivity index (χ1) is 9.24. The topological polar surface area (TPSA) is 71.5 Å². The highest BCUT2D eigenvalue weighted by molar-refractivity contribution is 5.93. The number of hydrogen-bond donors (Lipinski definition) is 1. The van der Waals surface area contributed by atoms with Gasteiger partial charge in [0.05, 0.1) is 6.26 Å². The van der Waals surface area contributed by atoms with Crippen molar-refractivity contribution < 1.29 is 13.7 Å². The van der Waals surface area contributed by atoms with Crippen molar-refractivity contribution >= 4 is 5.91 Å². The first-order valence-electron chi connectivity index (χ1n) is 6.27. The Morgan fingerprint density at radius 3 is 3.16 bits per heavy atom. The lowest BCUT2D eigenvalue weighted by Crippen LogP contribution is -2.51. The van der Waals surface area contributed by atoms with E-state index in [1.807, 2.05) is 0 Å². The fourth-order valence-electron chi connectivity index (χ4n) is 2.19. The summed E-state index contributed by atoms with van der Waals surface area (Å²) in [6, 6.07) is 5.45. The van der Waals surface area contributed by atoms with Crippen molar-refractivity contribution in [3.63, 3.8) is 0 Å². The second-order valence-corrected chi connectivity index (χ2v) is 4.66. The quantitative estimate of drug-likeness (QED) is 0.884. The molecule has 2 aromatic heterocycles. The largest absolute Gasteiger partial charge is 0.461 e. The lowest BCUT2D eigenvalue weighted by Gasteiger charge is -2.31. The number of piperazine rings is 1. The number of amides is 1.